The maximum absolute atomic E-state index is 12.5. The molecule has 0 aromatic carbocycles. The molecule has 3 rings (SSSR count). The maximum Gasteiger partial charge on any atom is 0.259 e. The molecule has 1 aliphatic rings. The van der Waals surface area contributed by atoms with Crippen LogP contribution in [0.25, 0.3) is 10.2 Å². The zero-order valence-electron chi connectivity index (χ0n) is 15.2. The fourth-order valence-corrected chi connectivity index (χ4v) is 5.16. The summed E-state index contributed by atoms with van der Waals surface area (Å²) in [6.45, 7) is 4.52. The van der Waals surface area contributed by atoms with Gasteiger partial charge in [0, 0.05) is 18.0 Å². The summed E-state index contributed by atoms with van der Waals surface area (Å²) in [6, 6.07) is 0. The number of hydrogen-bond donors (Lipinski definition) is 3. The summed E-state index contributed by atoms with van der Waals surface area (Å²) in [5.74, 6) is 1.58. The Morgan fingerprint density at radius 3 is 2.96 bits per heavy atom. The Morgan fingerprint density at radius 1 is 1.27 bits per heavy atom. The normalized spacial score (nSPS) is 13.7. The van der Waals surface area contributed by atoms with E-state index in [0.29, 0.717) is 23.9 Å². The Morgan fingerprint density at radius 2 is 2.12 bits per heavy atom. The molecule has 8 heteroatoms. The molecule has 2 heterocycles. The summed E-state index contributed by atoms with van der Waals surface area (Å²) in [7, 11) is 0. The predicted molar refractivity (Wildman–Crippen MR) is 109 cm³/mol. The molecule has 3 N–H and O–H groups in total. The first-order chi connectivity index (χ1) is 12.7. The molecule has 0 aliphatic heterocycles. The van der Waals surface area contributed by atoms with Crippen LogP contribution in [0.15, 0.2) is 4.79 Å². The third-order valence-electron chi connectivity index (χ3n) is 4.40. The average molecular weight is 395 g/mol. The van der Waals surface area contributed by atoms with E-state index in [9.17, 15) is 9.59 Å². The van der Waals surface area contributed by atoms with Gasteiger partial charge in [-0.2, -0.15) is 0 Å². The molecule has 0 atom stereocenters. The number of H-pyrrole nitrogens is 1. The number of thiophene rings is 1. The number of thioether (sulfide) groups is 1. The number of rotatable bonds is 9. The number of nitrogens with zero attached hydrogens (tertiary/aromatic N) is 1. The highest BCUT2D eigenvalue weighted by molar-refractivity contribution is 7.99. The van der Waals surface area contributed by atoms with Crippen LogP contribution in [0.4, 0.5) is 0 Å². The van der Waals surface area contributed by atoms with Crippen molar-refractivity contribution in [1.29, 1.82) is 0 Å². The van der Waals surface area contributed by atoms with Gasteiger partial charge in [0.2, 0.25) is 5.91 Å². The zero-order valence-corrected chi connectivity index (χ0v) is 16.8. The smallest absolute Gasteiger partial charge is 0.259 e. The van der Waals surface area contributed by atoms with Crippen LogP contribution in [-0.4, -0.2) is 41.3 Å². The molecule has 0 saturated carbocycles. The Labute approximate surface area is 161 Å². The van der Waals surface area contributed by atoms with E-state index >= 15 is 0 Å². The summed E-state index contributed by atoms with van der Waals surface area (Å²) < 4.78 is 0. The van der Waals surface area contributed by atoms with Gasteiger partial charge in [-0.3, -0.25) is 9.59 Å². The molecule has 6 nitrogen and oxygen atoms in total. The monoisotopic (exact) mass is 394 g/mol. The maximum atomic E-state index is 12.5. The van der Waals surface area contributed by atoms with Crippen molar-refractivity contribution in [2.24, 2.45) is 0 Å². The summed E-state index contributed by atoms with van der Waals surface area (Å²) >= 11 is 3.13. The van der Waals surface area contributed by atoms with Crippen molar-refractivity contribution >= 4 is 39.2 Å². The van der Waals surface area contributed by atoms with E-state index in [1.807, 2.05) is 0 Å². The molecule has 0 spiro atoms. The van der Waals surface area contributed by atoms with Crippen LogP contribution < -0.4 is 16.2 Å². The lowest BCUT2D eigenvalue weighted by Gasteiger charge is -2.09. The summed E-state index contributed by atoms with van der Waals surface area (Å²) in [4.78, 5) is 34.0. The lowest BCUT2D eigenvalue weighted by Crippen LogP contribution is -2.33. The van der Waals surface area contributed by atoms with Gasteiger partial charge in [0.15, 0.2) is 0 Å². The topological polar surface area (TPSA) is 86.9 Å². The van der Waals surface area contributed by atoms with E-state index in [1.165, 1.54) is 28.6 Å². The van der Waals surface area contributed by atoms with Crippen LogP contribution in [0.3, 0.4) is 0 Å². The molecule has 0 fully saturated rings. The molecule has 0 unspecified atom stereocenters. The fourth-order valence-electron chi connectivity index (χ4n) is 3.16. The van der Waals surface area contributed by atoms with Crippen molar-refractivity contribution in [2.45, 2.75) is 44.8 Å². The second-order valence-electron chi connectivity index (χ2n) is 6.50. The van der Waals surface area contributed by atoms with Gasteiger partial charge in [-0.05, 0) is 44.2 Å². The van der Waals surface area contributed by atoms with Crippen molar-refractivity contribution in [3.05, 3.63) is 26.6 Å². The Bertz CT molecular complexity index is 815. The minimum atomic E-state index is -0.0311. The SMILES string of the molecule is CCCNCCNC(=O)CSCc1nc2sc3c(c2c(=O)[nH]1)CCCC3. The zero-order chi connectivity index (χ0) is 18.4. The van der Waals surface area contributed by atoms with E-state index in [2.05, 4.69) is 27.5 Å². The Hall–Kier alpha value is -1.38. The van der Waals surface area contributed by atoms with Crippen molar-refractivity contribution < 1.29 is 4.79 Å². The standard InChI is InChI=1S/C18H26N4O2S2/c1-2-7-19-8-9-20-15(23)11-25-10-14-21-17(24)16-12-5-3-4-6-13(12)26-18(16)22-14/h19H,2-11H2,1H3,(H,20,23)(H,21,22,24). The highest BCUT2D eigenvalue weighted by Crippen LogP contribution is 2.33. The van der Waals surface area contributed by atoms with Crippen LogP contribution in [0.2, 0.25) is 0 Å². The van der Waals surface area contributed by atoms with E-state index in [-0.39, 0.29) is 11.5 Å². The van der Waals surface area contributed by atoms with Crippen molar-refractivity contribution in [3.63, 3.8) is 0 Å². The minimum absolute atomic E-state index is 0.0170. The highest BCUT2D eigenvalue weighted by Gasteiger charge is 2.19. The molecule has 26 heavy (non-hydrogen) atoms. The van der Waals surface area contributed by atoms with Gasteiger partial charge in [0.05, 0.1) is 16.9 Å². The van der Waals surface area contributed by atoms with Gasteiger partial charge in [0.1, 0.15) is 10.7 Å². The van der Waals surface area contributed by atoms with Crippen LogP contribution in [-0.2, 0) is 23.4 Å². The van der Waals surface area contributed by atoms with Crippen LogP contribution >= 0.6 is 23.1 Å². The average Bonchev–Trinajstić information content (AvgIpc) is 3.00. The summed E-state index contributed by atoms with van der Waals surface area (Å²) in [6.07, 6.45) is 5.49. The Kier molecular flexibility index (Phi) is 7.10. The Balaban J connectivity index is 1.52. The number of hydrogen-bond acceptors (Lipinski definition) is 6. The van der Waals surface area contributed by atoms with Gasteiger partial charge in [-0.1, -0.05) is 6.92 Å². The van der Waals surface area contributed by atoms with Crippen LogP contribution in [0.5, 0.6) is 0 Å². The number of amides is 1. The summed E-state index contributed by atoms with van der Waals surface area (Å²) in [5.41, 5.74) is 1.18. The molecule has 0 saturated heterocycles. The number of aryl methyl sites for hydroxylation is 2. The van der Waals surface area contributed by atoms with Crippen LogP contribution in [0.1, 0.15) is 42.5 Å². The number of nitrogens with one attached hydrogen (secondary N) is 3. The first-order valence-corrected chi connectivity index (χ1v) is 11.2. The highest BCUT2D eigenvalue weighted by atomic mass is 32.2. The molecule has 2 aromatic heterocycles. The van der Waals surface area contributed by atoms with Crippen molar-refractivity contribution in [3.8, 4) is 0 Å². The largest absolute Gasteiger partial charge is 0.354 e. The predicted octanol–water partition coefficient (Wildman–Crippen LogP) is 2.21. The van der Waals surface area contributed by atoms with E-state index < -0.39 is 0 Å². The number of aromatic amines is 1. The number of fused-ring (bicyclic) bond motifs is 3. The minimum Gasteiger partial charge on any atom is -0.354 e. The fraction of sp³-hybridized carbons (Fsp3) is 0.611. The molecule has 0 bridgehead atoms. The third-order valence-corrected chi connectivity index (χ3v) is 6.53. The van der Waals surface area contributed by atoms with E-state index in [4.69, 9.17) is 0 Å². The quantitative estimate of drug-likeness (QED) is 0.568. The molecular formula is C18H26N4O2S2. The first kappa shape index (κ1) is 19.4. The number of aromatic nitrogens is 2. The molecule has 1 amide bonds. The first-order valence-electron chi connectivity index (χ1n) is 9.27. The van der Waals surface area contributed by atoms with Gasteiger partial charge in [-0.25, -0.2) is 4.98 Å². The summed E-state index contributed by atoms with van der Waals surface area (Å²) in [5, 5.41) is 6.92. The lowest BCUT2D eigenvalue weighted by atomic mass is 9.97. The van der Waals surface area contributed by atoms with Gasteiger partial charge < -0.3 is 15.6 Å². The van der Waals surface area contributed by atoms with Gasteiger partial charge in [0.25, 0.3) is 5.56 Å². The van der Waals surface area contributed by atoms with E-state index in [0.717, 1.165) is 49.0 Å². The second kappa shape index (κ2) is 9.53. The van der Waals surface area contributed by atoms with Crippen molar-refractivity contribution in [2.75, 3.05) is 25.4 Å². The molecule has 142 valence electrons. The van der Waals surface area contributed by atoms with Crippen LogP contribution in [0, 0.1) is 0 Å². The van der Waals surface area contributed by atoms with Gasteiger partial charge >= 0.3 is 0 Å². The number of carbonyl (C=O) groups is 1. The van der Waals surface area contributed by atoms with E-state index in [1.54, 1.807) is 11.3 Å². The molecule has 0 radical (unpaired) electrons. The number of carbonyl (C=O) groups excluding carboxylic acids is 1. The third kappa shape index (κ3) is 4.86. The molecule has 2 aromatic rings. The second-order valence-corrected chi connectivity index (χ2v) is 8.57. The molecule has 1 aliphatic carbocycles. The van der Waals surface area contributed by atoms with Gasteiger partial charge in [-0.15, -0.1) is 23.1 Å². The lowest BCUT2D eigenvalue weighted by molar-refractivity contribution is -0.118. The van der Waals surface area contributed by atoms with Crippen molar-refractivity contribution in [1.82, 2.24) is 20.6 Å². The molecular weight excluding hydrogens is 368 g/mol.